The number of carbonyl (C=O) groups is 1. The summed E-state index contributed by atoms with van der Waals surface area (Å²) in [6.07, 6.45) is 5.68. The SMILES string of the molecule is C[C@H]1CC[C@H](O[Si](C)(C)C(C)(C)C)[C@]2(CO[Si](C)(C)C(C)(C)C)[C@H](C=O)CC[C@]12C. The lowest BCUT2D eigenvalue weighted by atomic mass is 9.51. The number of aldehydes is 1. The molecule has 0 bridgehead atoms. The van der Waals surface area contributed by atoms with Crippen molar-refractivity contribution in [2.75, 3.05) is 6.61 Å². The molecule has 2 saturated carbocycles. The van der Waals surface area contributed by atoms with Crippen LogP contribution in [0.3, 0.4) is 0 Å². The van der Waals surface area contributed by atoms with E-state index in [0.29, 0.717) is 12.5 Å². The molecule has 0 aromatic rings. The molecule has 0 spiro atoms. The molecule has 2 aliphatic carbocycles. The number of fused-ring (bicyclic) bond motifs is 1. The predicted octanol–water partition coefficient (Wildman–Crippen LogP) is 7.43. The van der Waals surface area contributed by atoms with Crippen LogP contribution in [0.15, 0.2) is 0 Å². The summed E-state index contributed by atoms with van der Waals surface area (Å²) in [5.74, 6) is 0.620. The normalized spacial score (nSPS) is 35.9. The molecule has 0 radical (unpaired) electrons. The predicted molar refractivity (Wildman–Crippen MR) is 133 cm³/mol. The minimum Gasteiger partial charge on any atom is -0.416 e. The van der Waals surface area contributed by atoms with Gasteiger partial charge in [0.05, 0.1) is 6.10 Å². The second kappa shape index (κ2) is 8.11. The number of carbonyl (C=O) groups excluding carboxylic acids is 1. The third-order valence-corrected chi connectivity index (χ3v) is 19.1. The van der Waals surface area contributed by atoms with E-state index in [1.54, 1.807) is 0 Å². The minimum absolute atomic E-state index is 0.0322. The van der Waals surface area contributed by atoms with Crippen molar-refractivity contribution in [2.45, 2.75) is 123 Å². The Balaban J connectivity index is 2.54. The third kappa shape index (κ3) is 4.17. The summed E-state index contributed by atoms with van der Waals surface area (Å²) in [6, 6.07) is 0. The molecule has 2 rings (SSSR count). The van der Waals surface area contributed by atoms with Gasteiger partial charge >= 0.3 is 0 Å². The van der Waals surface area contributed by atoms with Crippen molar-refractivity contribution in [3.05, 3.63) is 0 Å². The van der Waals surface area contributed by atoms with Crippen molar-refractivity contribution in [1.29, 1.82) is 0 Å². The van der Waals surface area contributed by atoms with Crippen molar-refractivity contribution in [3.63, 3.8) is 0 Å². The molecule has 0 unspecified atom stereocenters. The molecule has 30 heavy (non-hydrogen) atoms. The van der Waals surface area contributed by atoms with Crippen molar-refractivity contribution < 1.29 is 13.6 Å². The maximum atomic E-state index is 12.5. The molecule has 0 amide bonds. The fourth-order valence-corrected chi connectivity index (χ4v) is 7.85. The highest BCUT2D eigenvalue weighted by Crippen LogP contribution is 2.66. The van der Waals surface area contributed by atoms with Crippen LogP contribution in [0.4, 0.5) is 0 Å². The summed E-state index contributed by atoms with van der Waals surface area (Å²) in [5, 5.41) is 0.314. The average Bonchev–Trinajstić information content (AvgIpc) is 2.88. The Morgan fingerprint density at radius 3 is 1.93 bits per heavy atom. The molecule has 5 atom stereocenters. The van der Waals surface area contributed by atoms with Gasteiger partial charge in [0.25, 0.3) is 0 Å². The Kier molecular flexibility index (Phi) is 7.10. The third-order valence-electron chi connectivity index (χ3n) is 10.1. The van der Waals surface area contributed by atoms with Crippen LogP contribution in [-0.4, -0.2) is 35.6 Å². The highest BCUT2D eigenvalue weighted by Gasteiger charge is 2.66. The molecule has 0 aromatic heterocycles. The van der Waals surface area contributed by atoms with Gasteiger partial charge in [0.1, 0.15) is 6.29 Å². The first-order valence-electron chi connectivity index (χ1n) is 12.1. The molecule has 0 N–H and O–H groups in total. The fraction of sp³-hybridized carbons (Fsp3) is 0.960. The van der Waals surface area contributed by atoms with Gasteiger partial charge in [0.15, 0.2) is 16.6 Å². The van der Waals surface area contributed by atoms with Gasteiger partial charge in [-0.15, -0.1) is 0 Å². The smallest absolute Gasteiger partial charge is 0.192 e. The summed E-state index contributed by atoms with van der Waals surface area (Å²) in [4.78, 5) is 12.5. The molecular formula is C25H50O3Si2. The topological polar surface area (TPSA) is 35.5 Å². The van der Waals surface area contributed by atoms with Crippen LogP contribution >= 0.6 is 0 Å². The van der Waals surface area contributed by atoms with Gasteiger partial charge in [0.2, 0.25) is 0 Å². The zero-order valence-corrected chi connectivity index (χ0v) is 24.1. The molecular weight excluding hydrogens is 404 g/mol. The summed E-state index contributed by atoms with van der Waals surface area (Å²) in [7, 11) is -3.90. The number of hydrogen-bond acceptors (Lipinski definition) is 3. The van der Waals surface area contributed by atoms with Crippen molar-refractivity contribution in [1.82, 2.24) is 0 Å². The summed E-state index contributed by atoms with van der Waals surface area (Å²) in [5.41, 5.74) is -0.121. The van der Waals surface area contributed by atoms with E-state index in [9.17, 15) is 4.79 Å². The first-order valence-corrected chi connectivity index (χ1v) is 17.9. The second-order valence-corrected chi connectivity index (χ2v) is 23.2. The quantitative estimate of drug-likeness (QED) is 0.309. The Labute approximate surface area is 189 Å². The van der Waals surface area contributed by atoms with Crippen LogP contribution in [0, 0.1) is 22.7 Å². The lowest BCUT2D eigenvalue weighted by molar-refractivity contribution is -0.156. The van der Waals surface area contributed by atoms with E-state index in [1.165, 1.54) is 12.7 Å². The van der Waals surface area contributed by atoms with Gasteiger partial charge in [-0.05, 0) is 73.3 Å². The van der Waals surface area contributed by atoms with Gasteiger partial charge in [-0.1, -0.05) is 55.4 Å². The second-order valence-electron chi connectivity index (χ2n) is 13.6. The summed E-state index contributed by atoms with van der Waals surface area (Å²) >= 11 is 0. The molecule has 176 valence electrons. The van der Waals surface area contributed by atoms with Crippen molar-refractivity contribution in [2.24, 2.45) is 22.7 Å². The Morgan fingerprint density at radius 2 is 1.47 bits per heavy atom. The Morgan fingerprint density at radius 1 is 0.933 bits per heavy atom. The zero-order valence-electron chi connectivity index (χ0n) is 22.1. The number of rotatable bonds is 6. The van der Waals surface area contributed by atoms with Crippen LogP contribution in [-0.2, 0) is 13.6 Å². The van der Waals surface area contributed by atoms with Gasteiger partial charge in [-0.3, -0.25) is 0 Å². The van der Waals surface area contributed by atoms with Crippen LogP contribution in [0.5, 0.6) is 0 Å². The van der Waals surface area contributed by atoms with E-state index in [-0.39, 0.29) is 32.9 Å². The molecule has 0 aliphatic heterocycles. The first-order chi connectivity index (χ1) is 13.4. The minimum atomic E-state index is -1.97. The number of hydrogen-bond donors (Lipinski definition) is 0. The van der Waals surface area contributed by atoms with Crippen molar-refractivity contribution >= 4 is 22.9 Å². The molecule has 0 saturated heterocycles. The van der Waals surface area contributed by atoms with Gasteiger partial charge in [0, 0.05) is 17.9 Å². The van der Waals surface area contributed by atoms with Crippen LogP contribution in [0.1, 0.15) is 81.1 Å². The molecule has 2 aliphatic rings. The van der Waals surface area contributed by atoms with Gasteiger partial charge in [-0.2, -0.15) is 0 Å². The van der Waals surface area contributed by atoms with Crippen LogP contribution in [0.25, 0.3) is 0 Å². The van der Waals surface area contributed by atoms with E-state index in [4.69, 9.17) is 8.85 Å². The highest BCUT2D eigenvalue weighted by atomic mass is 28.4. The maximum Gasteiger partial charge on any atom is 0.192 e. The maximum absolute atomic E-state index is 12.5. The first kappa shape index (κ1) is 26.3. The monoisotopic (exact) mass is 454 g/mol. The highest BCUT2D eigenvalue weighted by molar-refractivity contribution is 6.74. The molecule has 3 nitrogen and oxygen atoms in total. The largest absolute Gasteiger partial charge is 0.416 e. The van der Waals surface area contributed by atoms with E-state index in [2.05, 4.69) is 81.6 Å². The van der Waals surface area contributed by atoms with Gasteiger partial charge in [-0.25, -0.2) is 0 Å². The molecule has 2 fully saturated rings. The van der Waals surface area contributed by atoms with Crippen LogP contribution < -0.4 is 0 Å². The van der Waals surface area contributed by atoms with E-state index in [0.717, 1.165) is 19.3 Å². The van der Waals surface area contributed by atoms with E-state index in [1.807, 2.05) is 0 Å². The fourth-order valence-electron chi connectivity index (χ4n) is 5.43. The summed E-state index contributed by atoms with van der Waals surface area (Å²) in [6.45, 7) is 28.7. The van der Waals surface area contributed by atoms with Crippen LogP contribution in [0.2, 0.25) is 36.3 Å². The van der Waals surface area contributed by atoms with Gasteiger partial charge < -0.3 is 13.6 Å². The average molecular weight is 455 g/mol. The molecule has 0 heterocycles. The molecule has 0 aromatic carbocycles. The standard InChI is InChI=1S/C25H50O3Si2/c1-19-13-14-21(28-30(11,12)23(5,6)7)25(18-27-29(9,10)22(2,3)4)20(17-26)15-16-24(19,25)8/h17,19-21H,13-16,18H2,1-12H3/t19-,20-,21-,24+,25-/m0/s1. The zero-order chi connectivity index (χ0) is 23.4. The van der Waals surface area contributed by atoms with E-state index >= 15 is 0 Å². The lowest BCUT2D eigenvalue weighted by Gasteiger charge is -2.59. The Bertz CT molecular complexity index is 631. The van der Waals surface area contributed by atoms with Crippen molar-refractivity contribution in [3.8, 4) is 0 Å². The van der Waals surface area contributed by atoms with E-state index < -0.39 is 16.6 Å². The Hall–Kier alpha value is 0.0238. The lowest BCUT2D eigenvalue weighted by Crippen LogP contribution is -2.62. The summed E-state index contributed by atoms with van der Waals surface area (Å²) < 4.78 is 14.1. The molecule has 5 heteroatoms.